The normalized spacial score (nSPS) is 32.6. The van der Waals surface area contributed by atoms with E-state index in [4.69, 9.17) is 9.84 Å². The molecule has 0 saturated carbocycles. The summed E-state index contributed by atoms with van der Waals surface area (Å²) in [5.41, 5.74) is 0. The standard InChI is InChI=1S/C13H19N3O5/c17-11-8-2-1-3-16(9(8)6-14-11)13(20)15-4-5-21-10(7-15)12(18)19/h8-10H,1-7H2,(H,14,17)(H,18,19). The Bertz CT molecular complexity index is 469. The summed E-state index contributed by atoms with van der Waals surface area (Å²) >= 11 is 0. The number of piperidine rings is 1. The molecule has 0 bridgehead atoms. The highest BCUT2D eigenvalue weighted by atomic mass is 16.5. The molecule has 3 fully saturated rings. The van der Waals surface area contributed by atoms with Crippen molar-refractivity contribution in [3.63, 3.8) is 0 Å². The van der Waals surface area contributed by atoms with E-state index in [1.54, 1.807) is 4.90 Å². The molecule has 0 aromatic carbocycles. The number of likely N-dealkylation sites (tertiary alicyclic amines) is 1. The second kappa shape index (κ2) is 5.51. The lowest BCUT2D eigenvalue weighted by molar-refractivity contribution is -0.154. The Morgan fingerprint density at radius 1 is 1.33 bits per heavy atom. The van der Waals surface area contributed by atoms with E-state index in [0.29, 0.717) is 19.6 Å². The third kappa shape index (κ3) is 2.55. The summed E-state index contributed by atoms with van der Waals surface area (Å²) in [6.07, 6.45) is 0.639. The first-order valence-electron chi connectivity index (χ1n) is 7.25. The molecule has 0 aromatic rings. The molecule has 3 rings (SSSR count). The first-order valence-corrected chi connectivity index (χ1v) is 7.25. The van der Waals surface area contributed by atoms with E-state index in [0.717, 1.165) is 12.8 Å². The Balaban J connectivity index is 1.69. The molecular weight excluding hydrogens is 278 g/mol. The van der Waals surface area contributed by atoms with E-state index >= 15 is 0 Å². The van der Waals surface area contributed by atoms with E-state index in [9.17, 15) is 14.4 Å². The Morgan fingerprint density at radius 2 is 2.14 bits per heavy atom. The Kier molecular flexibility index (Phi) is 3.71. The van der Waals surface area contributed by atoms with Crippen molar-refractivity contribution in [2.75, 3.05) is 32.8 Å². The molecule has 3 aliphatic heterocycles. The Labute approximate surface area is 122 Å². The number of rotatable bonds is 1. The molecular formula is C13H19N3O5. The third-order valence-electron chi connectivity index (χ3n) is 4.46. The number of nitrogens with zero attached hydrogens (tertiary/aromatic N) is 2. The van der Waals surface area contributed by atoms with Gasteiger partial charge >= 0.3 is 12.0 Å². The number of amides is 3. The summed E-state index contributed by atoms with van der Waals surface area (Å²) in [4.78, 5) is 38.6. The van der Waals surface area contributed by atoms with Crippen molar-refractivity contribution >= 4 is 17.9 Å². The van der Waals surface area contributed by atoms with Gasteiger partial charge in [0.25, 0.3) is 0 Å². The zero-order chi connectivity index (χ0) is 15.0. The molecule has 0 aliphatic carbocycles. The number of hydrogen-bond acceptors (Lipinski definition) is 4. The average Bonchev–Trinajstić information content (AvgIpc) is 2.88. The van der Waals surface area contributed by atoms with Crippen LogP contribution >= 0.6 is 0 Å². The molecule has 21 heavy (non-hydrogen) atoms. The number of nitrogens with one attached hydrogen (secondary N) is 1. The van der Waals surface area contributed by atoms with Crippen molar-refractivity contribution < 1.29 is 24.2 Å². The van der Waals surface area contributed by atoms with Crippen LogP contribution in [0.15, 0.2) is 0 Å². The molecule has 116 valence electrons. The number of carbonyl (C=O) groups excluding carboxylic acids is 2. The van der Waals surface area contributed by atoms with Gasteiger partial charge in [0.05, 0.1) is 25.1 Å². The topological polar surface area (TPSA) is 99.2 Å². The van der Waals surface area contributed by atoms with Crippen molar-refractivity contribution in [1.29, 1.82) is 0 Å². The van der Waals surface area contributed by atoms with Gasteiger partial charge in [-0.1, -0.05) is 0 Å². The smallest absolute Gasteiger partial charge is 0.334 e. The lowest BCUT2D eigenvalue weighted by atomic mass is 9.92. The lowest BCUT2D eigenvalue weighted by Crippen LogP contribution is -2.57. The fraction of sp³-hybridized carbons (Fsp3) is 0.769. The van der Waals surface area contributed by atoms with Crippen molar-refractivity contribution in [2.45, 2.75) is 25.0 Å². The number of fused-ring (bicyclic) bond motifs is 1. The molecule has 3 unspecified atom stereocenters. The highest BCUT2D eigenvalue weighted by Gasteiger charge is 2.44. The van der Waals surface area contributed by atoms with Gasteiger partial charge in [-0.15, -0.1) is 0 Å². The highest BCUT2D eigenvalue weighted by Crippen LogP contribution is 2.28. The van der Waals surface area contributed by atoms with Gasteiger partial charge in [0, 0.05) is 19.6 Å². The maximum absolute atomic E-state index is 12.6. The van der Waals surface area contributed by atoms with Crippen LogP contribution in [-0.4, -0.2) is 77.7 Å². The number of carbonyl (C=O) groups is 3. The summed E-state index contributed by atoms with van der Waals surface area (Å²) in [5.74, 6) is -1.16. The van der Waals surface area contributed by atoms with Gasteiger partial charge in [0.1, 0.15) is 0 Å². The summed E-state index contributed by atoms with van der Waals surface area (Å²) in [6, 6.07) is -0.291. The van der Waals surface area contributed by atoms with Gasteiger partial charge in [0.15, 0.2) is 6.10 Å². The van der Waals surface area contributed by atoms with Gasteiger partial charge in [-0.3, -0.25) is 4.79 Å². The minimum Gasteiger partial charge on any atom is -0.479 e. The van der Waals surface area contributed by atoms with E-state index in [1.807, 2.05) is 0 Å². The van der Waals surface area contributed by atoms with Crippen molar-refractivity contribution in [2.24, 2.45) is 5.92 Å². The second-order valence-corrected chi connectivity index (χ2v) is 5.68. The van der Waals surface area contributed by atoms with Gasteiger partial charge in [0.2, 0.25) is 5.91 Å². The van der Waals surface area contributed by atoms with Gasteiger partial charge in [-0.05, 0) is 12.8 Å². The highest BCUT2D eigenvalue weighted by molar-refractivity contribution is 5.84. The maximum Gasteiger partial charge on any atom is 0.334 e. The number of ether oxygens (including phenoxy) is 1. The molecule has 3 amide bonds. The molecule has 3 atom stereocenters. The summed E-state index contributed by atoms with van der Waals surface area (Å²) in [7, 11) is 0. The average molecular weight is 297 g/mol. The fourth-order valence-corrected chi connectivity index (χ4v) is 3.34. The molecule has 3 saturated heterocycles. The van der Waals surface area contributed by atoms with Crippen molar-refractivity contribution in [3.8, 4) is 0 Å². The van der Waals surface area contributed by atoms with Gasteiger partial charge < -0.3 is 25.0 Å². The number of hydrogen-bond donors (Lipinski definition) is 2. The van der Waals surface area contributed by atoms with E-state index in [2.05, 4.69) is 5.32 Å². The minimum atomic E-state index is -1.05. The van der Waals surface area contributed by atoms with Crippen LogP contribution in [0.4, 0.5) is 4.79 Å². The Hall–Kier alpha value is -1.83. The van der Waals surface area contributed by atoms with Crippen LogP contribution in [0.5, 0.6) is 0 Å². The van der Waals surface area contributed by atoms with Crippen LogP contribution in [0.2, 0.25) is 0 Å². The second-order valence-electron chi connectivity index (χ2n) is 5.68. The first-order chi connectivity index (χ1) is 10.1. The van der Waals surface area contributed by atoms with Crippen LogP contribution in [0.1, 0.15) is 12.8 Å². The molecule has 0 radical (unpaired) electrons. The SMILES string of the molecule is O=C(O)C1CN(C(=O)N2CCCC3C(=O)NCC32)CCO1. The number of aliphatic carboxylic acids is 1. The van der Waals surface area contributed by atoms with E-state index < -0.39 is 12.1 Å². The minimum absolute atomic E-state index is 0.0166. The maximum atomic E-state index is 12.6. The van der Waals surface area contributed by atoms with Crippen molar-refractivity contribution in [3.05, 3.63) is 0 Å². The molecule has 8 heteroatoms. The molecule has 8 nitrogen and oxygen atoms in total. The van der Waals surface area contributed by atoms with Crippen LogP contribution in [-0.2, 0) is 14.3 Å². The Morgan fingerprint density at radius 3 is 2.90 bits per heavy atom. The fourth-order valence-electron chi connectivity index (χ4n) is 3.34. The monoisotopic (exact) mass is 297 g/mol. The number of morpholine rings is 1. The number of carboxylic acid groups (broad SMARTS) is 1. The number of carboxylic acids is 1. The van der Waals surface area contributed by atoms with E-state index in [-0.39, 0.29) is 37.0 Å². The summed E-state index contributed by atoms with van der Waals surface area (Å²) in [5, 5.41) is 11.8. The van der Waals surface area contributed by atoms with E-state index in [1.165, 1.54) is 4.90 Å². The quantitative estimate of drug-likeness (QED) is 0.653. The summed E-state index contributed by atoms with van der Waals surface area (Å²) < 4.78 is 5.13. The molecule has 3 heterocycles. The summed E-state index contributed by atoms with van der Waals surface area (Å²) in [6.45, 7) is 1.77. The zero-order valence-corrected chi connectivity index (χ0v) is 11.7. The van der Waals surface area contributed by atoms with Crippen LogP contribution < -0.4 is 5.32 Å². The zero-order valence-electron chi connectivity index (χ0n) is 11.7. The predicted molar refractivity (Wildman–Crippen MR) is 70.6 cm³/mol. The van der Waals surface area contributed by atoms with Crippen LogP contribution in [0.25, 0.3) is 0 Å². The van der Waals surface area contributed by atoms with Crippen molar-refractivity contribution in [1.82, 2.24) is 15.1 Å². The van der Waals surface area contributed by atoms with Gasteiger partial charge in [-0.2, -0.15) is 0 Å². The molecule has 2 N–H and O–H groups in total. The molecule has 0 spiro atoms. The first kappa shape index (κ1) is 14.1. The largest absolute Gasteiger partial charge is 0.479 e. The molecule has 3 aliphatic rings. The number of urea groups is 1. The predicted octanol–water partition coefficient (Wildman–Crippen LogP) is -0.898. The molecule has 0 aromatic heterocycles. The lowest BCUT2D eigenvalue weighted by Gasteiger charge is -2.41. The van der Waals surface area contributed by atoms with Gasteiger partial charge in [-0.25, -0.2) is 9.59 Å². The van der Waals surface area contributed by atoms with Crippen LogP contribution in [0.3, 0.4) is 0 Å². The van der Waals surface area contributed by atoms with Crippen LogP contribution in [0, 0.1) is 5.92 Å². The third-order valence-corrected chi connectivity index (χ3v) is 4.46.